The third-order valence-electron chi connectivity index (χ3n) is 6.80. The Morgan fingerprint density at radius 3 is 2.53 bits per heavy atom. The lowest BCUT2D eigenvalue weighted by atomic mass is 10.0. The average Bonchev–Trinajstić information content (AvgIpc) is 3.58. The number of nitrogens with zero attached hydrogens (tertiary/aromatic N) is 6. The van der Waals surface area contributed by atoms with Crippen LogP contribution in [-0.2, 0) is 11.3 Å². The highest BCUT2D eigenvalue weighted by atomic mass is 35.5. The summed E-state index contributed by atoms with van der Waals surface area (Å²) in [5, 5.41) is 12.8. The molecule has 36 heavy (non-hydrogen) atoms. The fourth-order valence-corrected chi connectivity index (χ4v) is 4.99. The first-order valence-corrected chi connectivity index (χ1v) is 12.0. The van der Waals surface area contributed by atoms with Crippen LogP contribution >= 0.6 is 12.4 Å². The van der Waals surface area contributed by atoms with Gasteiger partial charge in [0.05, 0.1) is 38.6 Å². The molecule has 2 aromatic carbocycles. The van der Waals surface area contributed by atoms with Crippen molar-refractivity contribution in [1.29, 1.82) is 0 Å². The van der Waals surface area contributed by atoms with E-state index >= 15 is 0 Å². The second-order valence-corrected chi connectivity index (χ2v) is 8.85. The molecule has 0 aliphatic carbocycles. The van der Waals surface area contributed by atoms with Gasteiger partial charge in [0, 0.05) is 32.8 Å². The number of methoxy groups -OCH3 is 2. The molecule has 0 N–H and O–H groups in total. The SMILES string of the molecule is COc1ccc(C(c2nnnn2CC2CCCO2)N2CCN(c3ccccc3F)CC2)cc1OC.Cl. The number of hydrogen-bond acceptors (Lipinski definition) is 8. The van der Waals surface area contributed by atoms with E-state index in [1.165, 1.54) is 6.07 Å². The number of benzene rings is 2. The zero-order valence-corrected chi connectivity index (χ0v) is 21.4. The summed E-state index contributed by atoms with van der Waals surface area (Å²) in [5.74, 6) is 1.88. The number of hydrogen-bond donors (Lipinski definition) is 0. The van der Waals surface area contributed by atoms with E-state index < -0.39 is 0 Å². The van der Waals surface area contributed by atoms with E-state index in [4.69, 9.17) is 14.2 Å². The van der Waals surface area contributed by atoms with Crippen LogP contribution in [0.3, 0.4) is 0 Å². The predicted octanol–water partition coefficient (Wildman–Crippen LogP) is 3.34. The monoisotopic (exact) mass is 518 g/mol. The fourth-order valence-electron chi connectivity index (χ4n) is 4.99. The van der Waals surface area contributed by atoms with Crippen molar-refractivity contribution in [2.75, 3.05) is 51.9 Å². The molecule has 2 fully saturated rings. The van der Waals surface area contributed by atoms with Gasteiger partial charge in [0.1, 0.15) is 5.82 Å². The van der Waals surface area contributed by atoms with Gasteiger partial charge in [-0.1, -0.05) is 18.2 Å². The molecule has 0 spiro atoms. The van der Waals surface area contributed by atoms with Crippen molar-refractivity contribution in [2.45, 2.75) is 31.5 Å². The third-order valence-corrected chi connectivity index (χ3v) is 6.80. The van der Waals surface area contributed by atoms with Crippen LogP contribution in [0.25, 0.3) is 0 Å². The molecular weight excluding hydrogens is 487 g/mol. The summed E-state index contributed by atoms with van der Waals surface area (Å²) in [6.45, 7) is 4.22. The molecule has 194 valence electrons. The molecule has 2 saturated heterocycles. The van der Waals surface area contributed by atoms with Gasteiger partial charge in [0.25, 0.3) is 0 Å². The van der Waals surface area contributed by atoms with Gasteiger partial charge in [-0.15, -0.1) is 17.5 Å². The predicted molar refractivity (Wildman–Crippen MR) is 136 cm³/mol. The van der Waals surface area contributed by atoms with Crippen LogP contribution in [0.5, 0.6) is 11.5 Å². The molecule has 0 bridgehead atoms. The molecule has 11 heteroatoms. The summed E-state index contributed by atoms with van der Waals surface area (Å²) < 4.78 is 33.1. The van der Waals surface area contributed by atoms with Gasteiger partial charge in [-0.3, -0.25) is 4.90 Å². The van der Waals surface area contributed by atoms with Crippen LogP contribution < -0.4 is 14.4 Å². The highest BCUT2D eigenvalue weighted by Crippen LogP contribution is 2.35. The Bertz CT molecular complexity index is 1130. The zero-order chi connectivity index (χ0) is 24.2. The lowest BCUT2D eigenvalue weighted by Gasteiger charge is -2.40. The standard InChI is InChI=1S/C25H31FN6O3.ClH/c1-33-22-10-9-18(16-23(22)34-2)24(25-27-28-29-32(25)17-19-6-5-15-35-19)31-13-11-30(12-14-31)21-8-4-3-7-20(21)26;/h3-4,7-10,16,19,24H,5-6,11-15,17H2,1-2H3;1H. The smallest absolute Gasteiger partial charge is 0.173 e. The molecule has 2 aliphatic rings. The number of ether oxygens (including phenoxy) is 3. The minimum atomic E-state index is -0.200. The molecule has 0 amide bonds. The number of anilines is 1. The van der Waals surface area contributed by atoms with Crippen molar-refractivity contribution in [1.82, 2.24) is 25.1 Å². The maximum Gasteiger partial charge on any atom is 0.173 e. The molecule has 2 aliphatic heterocycles. The van der Waals surface area contributed by atoms with Crippen LogP contribution in [0, 0.1) is 5.82 Å². The van der Waals surface area contributed by atoms with Crippen LogP contribution in [0.1, 0.15) is 30.3 Å². The maximum absolute atomic E-state index is 14.4. The highest BCUT2D eigenvalue weighted by Gasteiger charge is 2.32. The fraction of sp³-hybridized carbons (Fsp3) is 0.480. The second-order valence-electron chi connectivity index (χ2n) is 8.85. The number of piperazine rings is 1. The lowest BCUT2D eigenvalue weighted by molar-refractivity contribution is 0.0906. The summed E-state index contributed by atoms with van der Waals surface area (Å²) in [7, 11) is 3.25. The molecule has 0 saturated carbocycles. The second kappa shape index (κ2) is 11.9. The highest BCUT2D eigenvalue weighted by molar-refractivity contribution is 5.85. The van der Waals surface area contributed by atoms with E-state index in [1.54, 1.807) is 20.3 Å². The first-order chi connectivity index (χ1) is 17.2. The van der Waals surface area contributed by atoms with Gasteiger partial charge >= 0.3 is 0 Å². The van der Waals surface area contributed by atoms with Crippen LogP contribution in [0.2, 0.25) is 0 Å². The normalized spacial score (nSPS) is 19.1. The number of halogens is 2. The summed E-state index contributed by atoms with van der Waals surface area (Å²) in [6, 6.07) is 12.6. The first kappa shape index (κ1) is 26.1. The van der Waals surface area contributed by atoms with Crippen molar-refractivity contribution < 1.29 is 18.6 Å². The molecule has 3 aromatic rings. The molecule has 9 nitrogen and oxygen atoms in total. The van der Waals surface area contributed by atoms with Crippen molar-refractivity contribution in [3.8, 4) is 11.5 Å². The topological polar surface area (TPSA) is 77.8 Å². The van der Waals surface area contributed by atoms with E-state index in [2.05, 4.69) is 25.3 Å². The lowest BCUT2D eigenvalue weighted by Crippen LogP contribution is -2.48. The zero-order valence-electron chi connectivity index (χ0n) is 20.5. The molecule has 2 atom stereocenters. The molecule has 1 aromatic heterocycles. The Morgan fingerprint density at radius 2 is 1.83 bits per heavy atom. The van der Waals surface area contributed by atoms with Crippen LogP contribution in [0.4, 0.5) is 10.1 Å². The summed E-state index contributed by atoms with van der Waals surface area (Å²) in [6.07, 6.45) is 2.17. The van der Waals surface area contributed by atoms with Gasteiger partial charge in [-0.2, -0.15) is 0 Å². The summed E-state index contributed by atoms with van der Waals surface area (Å²) in [4.78, 5) is 4.43. The summed E-state index contributed by atoms with van der Waals surface area (Å²) in [5.41, 5.74) is 1.64. The Balaban J connectivity index is 0.00000304. The van der Waals surface area contributed by atoms with Crippen LogP contribution in [-0.4, -0.2) is 78.2 Å². The molecular formula is C25H32ClFN6O3. The van der Waals surface area contributed by atoms with E-state index in [0.29, 0.717) is 36.8 Å². The van der Waals surface area contributed by atoms with Crippen molar-refractivity contribution in [2.24, 2.45) is 0 Å². The third kappa shape index (κ3) is 5.40. The quantitative estimate of drug-likeness (QED) is 0.449. The van der Waals surface area contributed by atoms with Crippen molar-refractivity contribution in [3.63, 3.8) is 0 Å². The number of aromatic nitrogens is 4. The van der Waals surface area contributed by atoms with Gasteiger partial charge in [0.15, 0.2) is 17.3 Å². The average molecular weight is 519 g/mol. The Morgan fingerprint density at radius 1 is 1.06 bits per heavy atom. The Kier molecular flexibility index (Phi) is 8.60. The van der Waals surface area contributed by atoms with E-state index in [1.807, 2.05) is 35.0 Å². The first-order valence-electron chi connectivity index (χ1n) is 12.0. The van der Waals surface area contributed by atoms with Gasteiger partial charge in [-0.05, 0) is 53.1 Å². The Hall–Kier alpha value is -2.95. The number of tetrazole rings is 1. The maximum atomic E-state index is 14.4. The minimum Gasteiger partial charge on any atom is -0.493 e. The molecule has 5 rings (SSSR count). The van der Waals surface area contributed by atoms with E-state index in [9.17, 15) is 4.39 Å². The number of rotatable bonds is 8. The minimum absolute atomic E-state index is 0. The number of para-hydroxylation sites is 1. The molecule has 2 unspecified atom stereocenters. The molecule has 0 radical (unpaired) electrons. The van der Waals surface area contributed by atoms with Crippen molar-refractivity contribution >= 4 is 18.1 Å². The Labute approximate surface area is 216 Å². The van der Waals surface area contributed by atoms with Gasteiger partial charge in [0.2, 0.25) is 0 Å². The van der Waals surface area contributed by atoms with Crippen LogP contribution in [0.15, 0.2) is 42.5 Å². The molecule has 3 heterocycles. The largest absolute Gasteiger partial charge is 0.493 e. The van der Waals surface area contributed by atoms with Gasteiger partial charge < -0.3 is 19.1 Å². The summed E-state index contributed by atoms with van der Waals surface area (Å²) >= 11 is 0. The van der Waals surface area contributed by atoms with E-state index in [-0.39, 0.29) is 30.4 Å². The van der Waals surface area contributed by atoms with Crippen molar-refractivity contribution in [3.05, 3.63) is 59.7 Å². The van der Waals surface area contributed by atoms with E-state index in [0.717, 1.165) is 43.9 Å². The van der Waals surface area contributed by atoms with Gasteiger partial charge in [-0.25, -0.2) is 9.07 Å².